The molecule has 2 aromatic rings. The number of alkyl halides is 3. The van der Waals surface area contributed by atoms with Gasteiger partial charge in [-0.05, 0) is 76.1 Å². The van der Waals surface area contributed by atoms with E-state index in [0.29, 0.717) is 26.7 Å². The minimum atomic E-state index is -4.85. The van der Waals surface area contributed by atoms with Gasteiger partial charge in [-0.15, -0.1) is 0 Å². The second kappa shape index (κ2) is 10.1. The molecule has 16 heteroatoms. The Kier molecular flexibility index (Phi) is 7.51. The van der Waals surface area contributed by atoms with E-state index in [9.17, 15) is 39.2 Å². The number of nitrogens with zero attached hydrogens (tertiary/aromatic N) is 1. The first-order valence-electron chi connectivity index (χ1n) is 12.0. The summed E-state index contributed by atoms with van der Waals surface area (Å²) in [6.45, 7) is 2.30. The van der Waals surface area contributed by atoms with Crippen molar-refractivity contribution in [3.05, 3.63) is 48.3 Å². The van der Waals surface area contributed by atoms with Gasteiger partial charge in [0.25, 0.3) is 10.0 Å². The molecule has 2 aliphatic rings. The number of nitrogens with one attached hydrogen (secondary N) is 2. The fraction of sp³-hybridized carbons (Fsp3) is 0.458. The molecule has 1 heterocycles. The number of carbonyl (C=O) groups is 1. The van der Waals surface area contributed by atoms with Crippen LogP contribution in [-0.4, -0.2) is 58.6 Å². The van der Waals surface area contributed by atoms with Crippen LogP contribution in [0.25, 0.3) is 0 Å². The van der Waals surface area contributed by atoms with Gasteiger partial charge in [-0.1, -0.05) is 0 Å². The Bertz CT molecular complexity index is 1510. The summed E-state index contributed by atoms with van der Waals surface area (Å²) in [5.74, 6) is -0.678. The molecule has 1 aliphatic carbocycles. The van der Waals surface area contributed by atoms with Gasteiger partial charge in [0.15, 0.2) is 0 Å². The lowest BCUT2D eigenvalue weighted by atomic mass is 10.1. The van der Waals surface area contributed by atoms with Crippen molar-refractivity contribution in [1.82, 2.24) is 4.72 Å². The number of halogens is 4. The van der Waals surface area contributed by atoms with Crippen LogP contribution in [0.4, 0.5) is 33.7 Å². The predicted molar refractivity (Wildman–Crippen MR) is 137 cm³/mol. The van der Waals surface area contributed by atoms with E-state index >= 15 is 0 Å². The van der Waals surface area contributed by atoms with E-state index < -0.39 is 54.6 Å². The molecule has 1 saturated carbocycles. The highest BCUT2D eigenvalue weighted by Gasteiger charge is 2.51. The van der Waals surface area contributed by atoms with Gasteiger partial charge in [-0.2, -0.15) is 13.2 Å². The quantitative estimate of drug-likeness (QED) is 0.430. The van der Waals surface area contributed by atoms with Crippen molar-refractivity contribution in [2.45, 2.75) is 61.1 Å². The van der Waals surface area contributed by atoms with Crippen molar-refractivity contribution in [1.29, 1.82) is 0 Å². The maximum absolute atomic E-state index is 13.6. The Labute approximate surface area is 228 Å². The Morgan fingerprint density at radius 2 is 1.73 bits per heavy atom. The zero-order chi connectivity index (χ0) is 29.7. The van der Waals surface area contributed by atoms with E-state index in [-0.39, 0.29) is 35.1 Å². The summed E-state index contributed by atoms with van der Waals surface area (Å²) in [4.78, 5) is 11.9. The van der Waals surface area contributed by atoms with Crippen LogP contribution < -0.4 is 19.1 Å². The summed E-state index contributed by atoms with van der Waals surface area (Å²) in [6.07, 6.45) is -6.29. The highest BCUT2D eigenvalue weighted by Crippen LogP contribution is 2.43. The summed E-state index contributed by atoms with van der Waals surface area (Å²) < 4.78 is 118. The van der Waals surface area contributed by atoms with Gasteiger partial charge in [-0.25, -0.2) is 30.7 Å². The third kappa shape index (κ3) is 5.98. The average Bonchev–Trinajstić information content (AvgIpc) is 3.61. The smallest absolute Gasteiger partial charge is 0.427 e. The van der Waals surface area contributed by atoms with Gasteiger partial charge in [0.05, 0.1) is 21.9 Å². The number of fused-ring (bicyclic) bond motifs is 1. The minimum absolute atomic E-state index is 0.00620. The molecule has 40 heavy (non-hydrogen) atoms. The summed E-state index contributed by atoms with van der Waals surface area (Å²) in [5.41, 5.74) is -3.00. The molecule has 0 radical (unpaired) electrons. The van der Waals surface area contributed by atoms with E-state index in [1.807, 2.05) is 0 Å². The lowest BCUT2D eigenvalue weighted by Crippen LogP contribution is -2.49. The number of hydrogen-bond donors (Lipinski definition) is 2. The highest BCUT2D eigenvalue weighted by molar-refractivity contribution is 7.93. The number of sulfonamides is 2. The van der Waals surface area contributed by atoms with E-state index in [4.69, 9.17) is 4.74 Å². The molecule has 10 nitrogen and oxygen atoms in total. The molecule has 0 saturated heterocycles. The van der Waals surface area contributed by atoms with Gasteiger partial charge in [0.1, 0.15) is 17.7 Å². The zero-order valence-corrected chi connectivity index (χ0v) is 23.2. The standard InChI is InChI=1S/C24H27F4N3O7S2/c1-22(2,24(26,27)28)38-21(32)30-16-6-9-20-19(12-16)31(39(33,34)18-7-4-15(25)5-8-18)14-17(37-20)13-29-40(35,36)23(3)10-11-23/h4-9,12,17,29H,10-11,13-14H2,1-3H3,(H,30,32)/t17-/m0/s1. The molecule has 0 spiro atoms. The van der Waals surface area contributed by atoms with E-state index in [1.165, 1.54) is 12.1 Å². The van der Waals surface area contributed by atoms with Crippen LogP contribution in [0.3, 0.4) is 0 Å². The number of hydrogen-bond acceptors (Lipinski definition) is 7. The summed E-state index contributed by atoms with van der Waals surface area (Å²) in [5, 5.41) is 2.14. The van der Waals surface area contributed by atoms with Crippen molar-refractivity contribution in [3.63, 3.8) is 0 Å². The molecule has 1 fully saturated rings. The maximum Gasteiger partial charge on any atom is 0.427 e. The zero-order valence-electron chi connectivity index (χ0n) is 21.6. The van der Waals surface area contributed by atoms with Crippen molar-refractivity contribution in [2.24, 2.45) is 0 Å². The van der Waals surface area contributed by atoms with Crippen LogP contribution >= 0.6 is 0 Å². The number of rotatable bonds is 8. The van der Waals surface area contributed by atoms with Gasteiger partial charge in [-0.3, -0.25) is 9.62 Å². The number of amides is 1. The second-order valence-electron chi connectivity index (χ2n) is 10.2. The lowest BCUT2D eigenvalue weighted by Gasteiger charge is -2.36. The van der Waals surface area contributed by atoms with Crippen molar-refractivity contribution >= 4 is 37.5 Å². The Morgan fingerprint density at radius 3 is 2.30 bits per heavy atom. The summed E-state index contributed by atoms with van der Waals surface area (Å²) in [6, 6.07) is 7.67. The molecule has 1 aliphatic heterocycles. The van der Waals surface area contributed by atoms with Crippen LogP contribution in [0.2, 0.25) is 0 Å². The SMILES string of the molecule is CC(C)(OC(=O)Nc1ccc2c(c1)N(S(=O)(=O)c1ccc(F)cc1)C[C@H](CNS(=O)(=O)C1(C)CC1)O2)C(F)(F)F. The van der Waals surface area contributed by atoms with Gasteiger partial charge in [0.2, 0.25) is 15.6 Å². The first-order chi connectivity index (χ1) is 18.3. The molecule has 2 aromatic carbocycles. The Hall–Kier alpha value is -3.11. The largest absolute Gasteiger partial charge is 0.485 e. The molecule has 220 valence electrons. The molecule has 0 aromatic heterocycles. The number of anilines is 2. The average molecular weight is 610 g/mol. The van der Waals surface area contributed by atoms with E-state index in [2.05, 4.69) is 14.8 Å². The first kappa shape index (κ1) is 29.9. The first-order valence-corrected chi connectivity index (χ1v) is 14.9. The fourth-order valence-corrected chi connectivity index (χ4v) is 6.60. The maximum atomic E-state index is 13.6. The van der Waals surface area contributed by atoms with Crippen LogP contribution in [0.5, 0.6) is 5.75 Å². The molecular weight excluding hydrogens is 582 g/mol. The van der Waals surface area contributed by atoms with Crippen LogP contribution in [0.1, 0.15) is 33.6 Å². The van der Waals surface area contributed by atoms with E-state index in [1.54, 1.807) is 6.92 Å². The molecule has 1 amide bonds. The van der Waals surface area contributed by atoms with Crippen LogP contribution in [-0.2, 0) is 24.8 Å². The lowest BCUT2D eigenvalue weighted by molar-refractivity contribution is -0.242. The fourth-order valence-electron chi connectivity index (χ4n) is 3.71. The van der Waals surface area contributed by atoms with Gasteiger partial charge >= 0.3 is 12.3 Å². The van der Waals surface area contributed by atoms with Crippen LogP contribution in [0, 0.1) is 5.82 Å². The molecular formula is C24H27F4N3O7S2. The normalized spacial score (nSPS) is 18.9. The highest BCUT2D eigenvalue weighted by atomic mass is 32.2. The number of carbonyl (C=O) groups excluding carboxylic acids is 1. The van der Waals surface area contributed by atoms with Gasteiger partial charge < -0.3 is 9.47 Å². The summed E-state index contributed by atoms with van der Waals surface area (Å²) >= 11 is 0. The van der Waals surface area contributed by atoms with Crippen molar-refractivity contribution < 1.29 is 48.7 Å². The predicted octanol–water partition coefficient (Wildman–Crippen LogP) is 4.14. The van der Waals surface area contributed by atoms with E-state index in [0.717, 1.165) is 34.6 Å². The number of ether oxygens (including phenoxy) is 2. The summed E-state index contributed by atoms with van der Waals surface area (Å²) in [7, 11) is -8.07. The van der Waals surface area contributed by atoms with Crippen LogP contribution in [0.15, 0.2) is 47.4 Å². The topological polar surface area (TPSA) is 131 Å². The molecule has 0 unspecified atom stereocenters. The molecule has 4 rings (SSSR count). The Balaban J connectivity index is 1.63. The second-order valence-corrected chi connectivity index (χ2v) is 14.4. The van der Waals surface area contributed by atoms with Gasteiger partial charge in [0, 0.05) is 12.2 Å². The third-order valence-corrected chi connectivity index (χ3v) is 10.7. The monoisotopic (exact) mass is 609 g/mol. The Morgan fingerprint density at radius 1 is 1.10 bits per heavy atom. The molecule has 2 N–H and O–H groups in total. The minimum Gasteiger partial charge on any atom is -0.485 e. The molecule has 1 atom stereocenters. The third-order valence-electron chi connectivity index (χ3n) is 6.67. The van der Waals surface area contributed by atoms with Crippen molar-refractivity contribution in [3.8, 4) is 5.75 Å². The van der Waals surface area contributed by atoms with Crippen molar-refractivity contribution in [2.75, 3.05) is 22.7 Å². The molecule has 0 bridgehead atoms. The number of benzene rings is 2.